The minimum atomic E-state index is -0.687. The highest BCUT2D eigenvalue weighted by molar-refractivity contribution is 5.77. The molecule has 2 atom stereocenters. The maximum Gasteiger partial charge on any atom is 0.309 e. The molecule has 1 aliphatic rings. The molecule has 0 amide bonds. The van der Waals surface area contributed by atoms with Crippen LogP contribution in [0.1, 0.15) is 69.3 Å². The molecule has 0 saturated carbocycles. The minimum absolute atomic E-state index is 0.0348. The van der Waals surface area contributed by atoms with Crippen molar-refractivity contribution in [2.24, 2.45) is 0 Å². The summed E-state index contributed by atoms with van der Waals surface area (Å²) < 4.78 is 18.8. The number of esters is 1. The molecule has 0 radical (unpaired) electrons. The molecule has 2 aromatic rings. The van der Waals surface area contributed by atoms with E-state index in [1.165, 1.54) is 12.1 Å². The second-order valence-electron chi connectivity index (χ2n) is 8.19. The third kappa shape index (κ3) is 5.10. The number of carbonyl (C=O) groups is 1. The van der Waals surface area contributed by atoms with E-state index >= 15 is 0 Å². The van der Waals surface area contributed by atoms with E-state index in [1.807, 2.05) is 18.2 Å². The first-order chi connectivity index (χ1) is 13.7. The van der Waals surface area contributed by atoms with Gasteiger partial charge in [-0.25, -0.2) is 4.39 Å². The Morgan fingerprint density at radius 2 is 1.86 bits per heavy atom. The summed E-state index contributed by atoms with van der Waals surface area (Å²) >= 11 is 0. The molecule has 5 heteroatoms. The summed E-state index contributed by atoms with van der Waals surface area (Å²) in [6.45, 7) is 8.36. The third-order valence-corrected chi connectivity index (χ3v) is 5.07. The van der Waals surface area contributed by atoms with Crippen molar-refractivity contribution >= 4 is 12.0 Å². The standard InChI is InChI=1S/C24H28FNO3/c1-14(2)22-13-21(16-5-7-17(25)8-6-16)20(24(26-22)15(3)4)10-9-19-11-18(27)12-23(28)29-19/h5-10,13-15,18-19,27H,11-12H2,1-4H3/t18-,19-/m1/s1. The van der Waals surface area contributed by atoms with Gasteiger partial charge in [0.25, 0.3) is 0 Å². The summed E-state index contributed by atoms with van der Waals surface area (Å²) in [6, 6.07) is 8.48. The first-order valence-corrected chi connectivity index (χ1v) is 10.1. The number of aliphatic hydroxyl groups is 1. The van der Waals surface area contributed by atoms with E-state index in [0.717, 1.165) is 28.1 Å². The van der Waals surface area contributed by atoms with E-state index in [4.69, 9.17) is 9.72 Å². The van der Waals surface area contributed by atoms with Crippen molar-refractivity contribution in [1.82, 2.24) is 4.98 Å². The molecule has 1 saturated heterocycles. The summed E-state index contributed by atoms with van der Waals surface area (Å²) in [5, 5.41) is 9.86. The van der Waals surface area contributed by atoms with Crippen LogP contribution in [-0.2, 0) is 9.53 Å². The van der Waals surface area contributed by atoms with Crippen LogP contribution in [0.25, 0.3) is 17.2 Å². The van der Waals surface area contributed by atoms with Crippen molar-refractivity contribution in [2.75, 3.05) is 0 Å². The lowest BCUT2D eigenvalue weighted by Crippen LogP contribution is -2.31. The zero-order chi connectivity index (χ0) is 21.1. The Bertz CT molecular complexity index is 903. The summed E-state index contributed by atoms with van der Waals surface area (Å²) in [6.07, 6.45) is 2.98. The molecule has 29 heavy (non-hydrogen) atoms. The highest BCUT2D eigenvalue weighted by Crippen LogP contribution is 2.33. The van der Waals surface area contributed by atoms with Crippen molar-refractivity contribution in [2.45, 2.75) is 64.6 Å². The second-order valence-corrected chi connectivity index (χ2v) is 8.19. The molecule has 1 aromatic carbocycles. The number of carbonyl (C=O) groups excluding carboxylic acids is 1. The number of aliphatic hydroxyl groups excluding tert-OH is 1. The molecule has 0 spiro atoms. The van der Waals surface area contributed by atoms with Gasteiger partial charge in [-0.05, 0) is 47.2 Å². The Labute approximate surface area is 171 Å². The van der Waals surface area contributed by atoms with Crippen molar-refractivity contribution in [3.8, 4) is 11.1 Å². The molecule has 1 aliphatic heterocycles. The van der Waals surface area contributed by atoms with Crippen molar-refractivity contribution in [3.05, 3.63) is 59.2 Å². The van der Waals surface area contributed by atoms with Crippen molar-refractivity contribution < 1.29 is 19.0 Å². The number of hydrogen-bond donors (Lipinski definition) is 1. The molecular formula is C24H28FNO3. The predicted molar refractivity (Wildman–Crippen MR) is 112 cm³/mol. The maximum absolute atomic E-state index is 13.5. The van der Waals surface area contributed by atoms with Crippen LogP contribution >= 0.6 is 0 Å². The number of pyridine rings is 1. The highest BCUT2D eigenvalue weighted by Gasteiger charge is 2.25. The Kier molecular flexibility index (Phi) is 6.48. The van der Waals surface area contributed by atoms with E-state index in [1.54, 1.807) is 12.1 Å². The van der Waals surface area contributed by atoms with Gasteiger partial charge < -0.3 is 9.84 Å². The summed E-state index contributed by atoms with van der Waals surface area (Å²) in [5.74, 6) is -0.253. The van der Waals surface area contributed by atoms with Crippen LogP contribution in [0.3, 0.4) is 0 Å². The van der Waals surface area contributed by atoms with Crippen LogP contribution in [0.4, 0.5) is 4.39 Å². The fourth-order valence-electron chi connectivity index (χ4n) is 3.50. The van der Waals surface area contributed by atoms with Gasteiger partial charge in [0.2, 0.25) is 0 Å². The molecular weight excluding hydrogens is 369 g/mol. The fourth-order valence-corrected chi connectivity index (χ4v) is 3.50. The SMILES string of the molecule is CC(C)c1cc(-c2ccc(F)cc2)c(C=C[C@@H]2C[C@@H](O)CC(=O)O2)c(C(C)C)n1. The Hall–Kier alpha value is -2.53. The summed E-state index contributed by atoms with van der Waals surface area (Å²) in [5.41, 5.74) is 4.70. The van der Waals surface area contributed by atoms with Gasteiger partial charge in [0.1, 0.15) is 11.9 Å². The normalized spacial score (nSPS) is 19.9. The molecule has 1 aromatic heterocycles. The zero-order valence-corrected chi connectivity index (χ0v) is 17.4. The summed E-state index contributed by atoms with van der Waals surface area (Å²) in [4.78, 5) is 16.5. The van der Waals surface area contributed by atoms with E-state index in [2.05, 4.69) is 27.7 Å². The molecule has 0 bridgehead atoms. The number of nitrogens with zero attached hydrogens (tertiary/aromatic N) is 1. The van der Waals surface area contributed by atoms with Gasteiger partial charge in [-0.2, -0.15) is 0 Å². The van der Waals surface area contributed by atoms with Gasteiger partial charge >= 0.3 is 5.97 Å². The molecule has 0 unspecified atom stereocenters. The fraction of sp³-hybridized carbons (Fsp3) is 0.417. The van der Waals surface area contributed by atoms with Crippen LogP contribution in [0.15, 0.2) is 36.4 Å². The lowest BCUT2D eigenvalue weighted by atomic mass is 9.91. The smallest absolute Gasteiger partial charge is 0.309 e. The number of cyclic esters (lactones) is 1. The number of rotatable bonds is 5. The quantitative estimate of drug-likeness (QED) is 0.703. The first-order valence-electron chi connectivity index (χ1n) is 10.1. The highest BCUT2D eigenvalue weighted by atomic mass is 19.1. The van der Waals surface area contributed by atoms with Gasteiger partial charge in [0, 0.05) is 17.7 Å². The maximum atomic E-state index is 13.5. The van der Waals surface area contributed by atoms with Gasteiger partial charge in [-0.15, -0.1) is 0 Å². The molecule has 2 heterocycles. The van der Waals surface area contributed by atoms with Crippen LogP contribution < -0.4 is 0 Å². The number of aromatic nitrogens is 1. The van der Waals surface area contributed by atoms with Gasteiger partial charge in [0.15, 0.2) is 0 Å². The van der Waals surface area contributed by atoms with Crippen LogP contribution in [0, 0.1) is 5.82 Å². The zero-order valence-electron chi connectivity index (χ0n) is 17.4. The molecule has 154 valence electrons. The van der Waals surface area contributed by atoms with Crippen molar-refractivity contribution in [1.29, 1.82) is 0 Å². The van der Waals surface area contributed by atoms with E-state index < -0.39 is 18.2 Å². The molecule has 3 rings (SSSR count). The number of halogens is 1. The lowest BCUT2D eigenvalue weighted by molar-refractivity contribution is -0.156. The monoisotopic (exact) mass is 397 g/mol. The lowest BCUT2D eigenvalue weighted by Gasteiger charge is -2.24. The minimum Gasteiger partial charge on any atom is -0.458 e. The Morgan fingerprint density at radius 3 is 2.45 bits per heavy atom. The molecule has 1 N–H and O–H groups in total. The van der Waals surface area contributed by atoms with E-state index in [0.29, 0.717) is 6.42 Å². The number of ether oxygens (including phenoxy) is 1. The Balaban J connectivity index is 2.10. The van der Waals surface area contributed by atoms with Gasteiger partial charge in [-0.3, -0.25) is 9.78 Å². The van der Waals surface area contributed by atoms with Gasteiger partial charge in [0.05, 0.1) is 18.2 Å². The average molecular weight is 397 g/mol. The van der Waals surface area contributed by atoms with Crippen LogP contribution in [-0.4, -0.2) is 28.3 Å². The molecule has 4 nitrogen and oxygen atoms in total. The first kappa shape index (κ1) is 21.2. The predicted octanol–water partition coefficient (Wildman–Crippen LogP) is 5.21. The van der Waals surface area contributed by atoms with Crippen LogP contribution in [0.2, 0.25) is 0 Å². The summed E-state index contributed by atoms with van der Waals surface area (Å²) in [7, 11) is 0. The number of hydrogen-bond acceptors (Lipinski definition) is 4. The van der Waals surface area contributed by atoms with E-state index in [-0.39, 0.29) is 24.1 Å². The topological polar surface area (TPSA) is 59.4 Å². The van der Waals surface area contributed by atoms with Crippen LogP contribution in [0.5, 0.6) is 0 Å². The van der Waals surface area contributed by atoms with E-state index in [9.17, 15) is 14.3 Å². The third-order valence-electron chi connectivity index (χ3n) is 5.07. The molecule has 0 aliphatic carbocycles. The van der Waals surface area contributed by atoms with Gasteiger partial charge in [-0.1, -0.05) is 45.9 Å². The number of benzene rings is 1. The van der Waals surface area contributed by atoms with Crippen molar-refractivity contribution in [3.63, 3.8) is 0 Å². The largest absolute Gasteiger partial charge is 0.458 e. The average Bonchev–Trinajstić information content (AvgIpc) is 2.65. The Morgan fingerprint density at radius 1 is 1.17 bits per heavy atom. The second kappa shape index (κ2) is 8.87. The molecule has 1 fully saturated rings.